The lowest BCUT2D eigenvalue weighted by Gasteiger charge is -2.24. The molecule has 0 unspecified atom stereocenters. The van der Waals surface area contributed by atoms with E-state index in [4.69, 9.17) is 17.3 Å². The van der Waals surface area contributed by atoms with Crippen molar-refractivity contribution in [2.24, 2.45) is 0 Å². The van der Waals surface area contributed by atoms with E-state index in [9.17, 15) is 12.8 Å². The van der Waals surface area contributed by atoms with Gasteiger partial charge in [0.15, 0.2) is 0 Å². The second kappa shape index (κ2) is 5.91. The largest absolute Gasteiger partial charge is 0.397 e. The fourth-order valence-corrected chi connectivity index (χ4v) is 3.97. The van der Waals surface area contributed by atoms with Crippen LogP contribution in [0.25, 0.3) is 0 Å². The Hall–Kier alpha value is -1.79. The van der Waals surface area contributed by atoms with E-state index in [1.807, 2.05) is 0 Å². The van der Waals surface area contributed by atoms with Gasteiger partial charge in [-0.2, -0.15) is 0 Å². The molecule has 2 rings (SSSR count). The highest BCUT2D eigenvalue weighted by Gasteiger charge is 2.27. The average Bonchev–Trinajstić information content (AvgIpc) is 2.44. The summed E-state index contributed by atoms with van der Waals surface area (Å²) >= 11 is 5.91. The molecule has 0 spiro atoms. The summed E-state index contributed by atoms with van der Waals surface area (Å²) in [7, 11) is -4.00. The van der Waals surface area contributed by atoms with E-state index in [-0.39, 0.29) is 16.5 Å². The standard InChI is InChI=1S/C14H14ClFN2O2S/c1-2-18(13-6-4-3-5-12(13)17)21(19,20)14-9-10(16)7-8-11(14)15/h3-9H,2,17H2,1H3. The number of benzene rings is 2. The van der Waals surface area contributed by atoms with E-state index >= 15 is 0 Å². The van der Waals surface area contributed by atoms with Crippen LogP contribution in [0.1, 0.15) is 6.92 Å². The van der Waals surface area contributed by atoms with Crippen LogP contribution in [0, 0.1) is 5.82 Å². The fraction of sp³-hybridized carbons (Fsp3) is 0.143. The van der Waals surface area contributed by atoms with Crippen LogP contribution < -0.4 is 10.0 Å². The van der Waals surface area contributed by atoms with Gasteiger partial charge in [0.05, 0.1) is 16.4 Å². The highest BCUT2D eigenvalue weighted by molar-refractivity contribution is 7.93. The lowest BCUT2D eigenvalue weighted by atomic mass is 10.3. The molecule has 0 saturated heterocycles. The molecule has 2 aromatic carbocycles. The molecule has 0 aliphatic carbocycles. The van der Waals surface area contributed by atoms with Crippen molar-refractivity contribution in [1.29, 1.82) is 0 Å². The molecular formula is C14H14ClFN2O2S. The van der Waals surface area contributed by atoms with Gasteiger partial charge in [0.2, 0.25) is 0 Å². The number of sulfonamides is 1. The third kappa shape index (κ3) is 2.96. The lowest BCUT2D eigenvalue weighted by molar-refractivity contribution is 0.587. The van der Waals surface area contributed by atoms with Gasteiger partial charge in [-0.15, -0.1) is 0 Å². The number of para-hydroxylation sites is 2. The van der Waals surface area contributed by atoms with Gasteiger partial charge in [0.25, 0.3) is 10.0 Å². The Bertz CT molecular complexity index is 765. The summed E-state index contributed by atoms with van der Waals surface area (Å²) < 4.78 is 39.9. The van der Waals surface area contributed by atoms with Crippen LogP contribution in [-0.2, 0) is 10.0 Å². The van der Waals surface area contributed by atoms with Crippen LogP contribution in [0.3, 0.4) is 0 Å². The van der Waals surface area contributed by atoms with Gasteiger partial charge in [-0.1, -0.05) is 23.7 Å². The van der Waals surface area contributed by atoms with Gasteiger partial charge in [-0.25, -0.2) is 12.8 Å². The van der Waals surface area contributed by atoms with Gasteiger partial charge >= 0.3 is 0 Å². The first-order valence-electron chi connectivity index (χ1n) is 6.20. The summed E-state index contributed by atoms with van der Waals surface area (Å²) in [4.78, 5) is -0.283. The third-order valence-corrected chi connectivity index (χ3v) is 5.32. The molecule has 0 heterocycles. The lowest BCUT2D eigenvalue weighted by Crippen LogP contribution is -2.31. The average molecular weight is 329 g/mol. The topological polar surface area (TPSA) is 63.4 Å². The Morgan fingerprint density at radius 1 is 1.24 bits per heavy atom. The minimum Gasteiger partial charge on any atom is -0.397 e. The van der Waals surface area contributed by atoms with E-state index in [1.54, 1.807) is 31.2 Å². The minimum absolute atomic E-state index is 0.0376. The van der Waals surface area contributed by atoms with Crippen molar-refractivity contribution in [2.45, 2.75) is 11.8 Å². The molecule has 0 saturated carbocycles. The zero-order valence-corrected chi connectivity index (χ0v) is 12.8. The number of anilines is 2. The summed E-state index contributed by atoms with van der Waals surface area (Å²) in [6.45, 7) is 1.81. The predicted molar refractivity (Wildman–Crippen MR) is 82.5 cm³/mol. The molecule has 21 heavy (non-hydrogen) atoms. The van der Waals surface area contributed by atoms with Crippen LogP contribution in [0.5, 0.6) is 0 Å². The van der Waals surface area contributed by atoms with Crippen molar-refractivity contribution in [2.75, 3.05) is 16.6 Å². The highest BCUT2D eigenvalue weighted by atomic mass is 35.5. The highest BCUT2D eigenvalue weighted by Crippen LogP contribution is 2.31. The molecule has 0 radical (unpaired) electrons. The zero-order valence-electron chi connectivity index (χ0n) is 11.3. The van der Waals surface area contributed by atoms with Gasteiger partial charge in [-0.05, 0) is 37.3 Å². The van der Waals surface area contributed by atoms with Gasteiger partial charge in [0, 0.05) is 6.54 Å². The molecule has 0 fully saturated rings. The smallest absolute Gasteiger partial charge is 0.265 e. The van der Waals surface area contributed by atoms with Gasteiger partial charge < -0.3 is 5.73 Å². The van der Waals surface area contributed by atoms with E-state index in [1.165, 1.54) is 6.07 Å². The summed E-state index contributed by atoms with van der Waals surface area (Å²) in [5.41, 5.74) is 6.48. The fourth-order valence-electron chi connectivity index (χ4n) is 1.98. The molecule has 0 atom stereocenters. The Kier molecular flexibility index (Phi) is 4.39. The Labute approximate surface area is 128 Å². The molecule has 4 nitrogen and oxygen atoms in total. The molecule has 7 heteroatoms. The van der Waals surface area contributed by atoms with Crippen LogP contribution in [-0.4, -0.2) is 15.0 Å². The molecule has 2 N–H and O–H groups in total. The van der Waals surface area contributed by atoms with Crippen LogP contribution in [0.15, 0.2) is 47.4 Å². The summed E-state index contributed by atoms with van der Waals surface area (Å²) in [5.74, 6) is -0.671. The van der Waals surface area contributed by atoms with Crippen molar-refractivity contribution >= 4 is 33.0 Å². The molecule has 0 aromatic heterocycles. The molecule has 0 amide bonds. The van der Waals surface area contributed by atoms with E-state index in [0.717, 1.165) is 16.4 Å². The summed E-state index contributed by atoms with van der Waals surface area (Å²) in [5, 5.41) is -0.0376. The molecule has 112 valence electrons. The zero-order chi connectivity index (χ0) is 15.6. The van der Waals surface area contributed by atoms with Crippen molar-refractivity contribution in [3.05, 3.63) is 53.3 Å². The van der Waals surface area contributed by atoms with Crippen LogP contribution >= 0.6 is 11.6 Å². The Morgan fingerprint density at radius 2 is 1.90 bits per heavy atom. The quantitative estimate of drug-likeness (QED) is 0.876. The third-order valence-electron chi connectivity index (χ3n) is 2.95. The number of hydrogen-bond donors (Lipinski definition) is 1. The van der Waals surface area contributed by atoms with Crippen molar-refractivity contribution < 1.29 is 12.8 Å². The second-order valence-electron chi connectivity index (χ2n) is 4.30. The first-order chi connectivity index (χ1) is 9.87. The van der Waals surface area contributed by atoms with Gasteiger partial charge in [-0.3, -0.25) is 4.31 Å². The normalized spacial score (nSPS) is 11.4. The first kappa shape index (κ1) is 15.6. The Balaban J connectivity index is 2.61. The number of hydrogen-bond acceptors (Lipinski definition) is 3. The van der Waals surface area contributed by atoms with Crippen molar-refractivity contribution in [1.82, 2.24) is 0 Å². The van der Waals surface area contributed by atoms with E-state index < -0.39 is 15.8 Å². The summed E-state index contributed by atoms with van der Waals surface area (Å²) in [6.07, 6.45) is 0. The molecule has 0 aliphatic heterocycles. The van der Waals surface area contributed by atoms with Crippen molar-refractivity contribution in [3.63, 3.8) is 0 Å². The van der Waals surface area contributed by atoms with E-state index in [2.05, 4.69) is 0 Å². The predicted octanol–water partition coefficient (Wildman–Crippen LogP) is 3.28. The van der Waals surface area contributed by atoms with Gasteiger partial charge in [0.1, 0.15) is 10.7 Å². The number of nitrogens with two attached hydrogens (primary N) is 1. The van der Waals surface area contributed by atoms with Crippen LogP contribution in [0.2, 0.25) is 5.02 Å². The van der Waals surface area contributed by atoms with Crippen LogP contribution in [0.4, 0.5) is 15.8 Å². The maximum Gasteiger partial charge on any atom is 0.265 e. The minimum atomic E-state index is -4.00. The molecule has 0 aliphatic rings. The Morgan fingerprint density at radius 3 is 2.52 bits per heavy atom. The number of nitrogen functional groups attached to an aromatic ring is 1. The maximum absolute atomic E-state index is 13.4. The van der Waals surface area contributed by atoms with E-state index in [0.29, 0.717) is 11.4 Å². The molecular weight excluding hydrogens is 315 g/mol. The number of halogens is 2. The van der Waals surface area contributed by atoms with Crippen molar-refractivity contribution in [3.8, 4) is 0 Å². The number of rotatable bonds is 4. The molecule has 0 bridgehead atoms. The molecule has 2 aromatic rings. The maximum atomic E-state index is 13.4. The summed E-state index contributed by atoms with van der Waals surface area (Å²) in [6, 6.07) is 9.79. The number of nitrogens with zero attached hydrogens (tertiary/aromatic N) is 1. The first-order valence-corrected chi connectivity index (χ1v) is 8.02. The SMILES string of the molecule is CCN(c1ccccc1N)S(=O)(=O)c1cc(F)ccc1Cl. The monoisotopic (exact) mass is 328 g/mol. The second-order valence-corrected chi connectivity index (χ2v) is 6.54.